The Morgan fingerprint density at radius 2 is 2.06 bits per heavy atom. The molecule has 0 saturated heterocycles. The molecule has 0 aliphatic rings. The molecule has 0 saturated carbocycles. The minimum atomic E-state index is -1.29. The molecule has 1 rings (SSSR count). The minimum absolute atomic E-state index is 0. The van der Waals surface area contributed by atoms with E-state index in [0.29, 0.717) is 6.42 Å². The molecule has 0 spiro atoms. The van der Waals surface area contributed by atoms with Crippen LogP contribution < -0.4 is 5.73 Å². The minimum Gasteiger partial charge on any atom is -0.505 e. The highest BCUT2D eigenvalue weighted by molar-refractivity contribution is 9.10. The van der Waals surface area contributed by atoms with Crippen LogP contribution >= 0.6 is 28.3 Å². The fourth-order valence-electron chi connectivity index (χ4n) is 1.37. The molecule has 1 aromatic rings. The molecular weight excluding hydrogens is 315 g/mol. The van der Waals surface area contributed by atoms with Crippen LogP contribution in [0, 0.1) is 11.6 Å². The lowest BCUT2D eigenvalue weighted by molar-refractivity contribution is 0.395. The van der Waals surface area contributed by atoms with Gasteiger partial charge in [0.2, 0.25) is 5.82 Å². The van der Waals surface area contributed by atoms with Gasteiger partial charge in [-0.2, -0.15) is 4.39 Å². The monoisotopic (exact) mass is 327 g/mol. The molecule has 0 bridgehead atoms. The zero-order valence-electron chi connectivity index (χ0n) is 9.14. The number of phenolic OH excluding ortho intramolecular Hbond substituents is 1. The van der Waals surface area contributed by atoms with Gasteiger partial charge >= 0.3 is 0 Å². The fourth-order valence-corrected chi connectivity index (χ4v) is 1.79. The Bertz CT molecular complexity index is 440. The van der Waals surface area contributed by atoms with Crippen molar-refractivity contribution in [1.29, 1.82) is 0 Å². The molecule has 0 aromatic heterocycles. The zero-order valence-corrected chi connectivity index (χ0v) is 11.5. The van der Waals surface area contributed by atoms with E-state index in [1.54, 1.807) is 6.92 Å². The zero-order chi connectivity index (χ0) is 12.5. The molecule has 0 aliphatic heterocycles. The number of aromatic hydroxyl groups is 1. The summed E-state index contributed by atoms with van der Waals surface area (Å²) in [5, 5.41) is 9.44. The van der Waals surface area contributed by atoms with Crippen LogP contribution in [0.5, 0.6) is 5.75 Å². The van der Waals surface area contributed by atoms with Crippen LogP contribution in [-0.2, 0) is 0 Å². The summed E-state index contributed by atoms with van der Waals surface area (Å²) in [5.74, 6) is -3.15. The Hall–Kier alpha value is -0.650. The third kappa shape index (κ3) is 3.66. The van der Waals surface area contributed by atoms with Gasteiger partial charge in [0.15, 0.2) is 11.6 Å². The SMILES string of the molecule is C=C(C)C[C@@H](N)c1cc(Br)c(F)c(F)c1O.Cl. The van der Waals surface area contributed by atoms with Gasteiger partial charge in [-0.1, -0.05) is 5.57 Å². The number of halogens is 4. The molecule has 17 heavy (non-hydrogen) atoms. The van der Waals surface area contributed by atoms with Crippen LogP contribution in [-0.4, -0.2) is 5.11 Å². The van der Waals surface area contributed by atoms with Crippen LogP contribution in [0.25, 0.3) is 0 Å². The number of rotatable bonds is 3. The molecule has 0 unspecified atom stereocenters. The van der Waals surface area contributed by atoms with E-state index in [1.165, 1.54) is 6.07 Å². The quantitative estimate of drug-likeness (QED) is 0.654. The first kappa shape index (κ1) is 16.4. The molecule has 96 valence electrons. The summed E-state index contributed by atoms with van der Waals surface area (Å²) in [5.41, 5.74) is 6.71. The summed E-state index contributed by atoms with van der Waals surface area (Å²) in [6.07, 6.45) is 0.394. The van der Waals surface area contributed by atoms with Gasteiger partial charge in [0, 0.05) is 11.6 Å². The van der Waals surface area contributed by atoms with E-state index in [9.17, 15) is 13.9 Å². The van der Waals surface area contributed by atoms with Crippen molar-refractivity contribution in [2.75, 3.05) is 0 Å². The predicted octanol–water partition coefficient (Wildman–Crippen LogP) is 3.82. The Kier molecular flexibility index (Phi) is 6.09. The number of benzene rings is 1. The van der Waals surface area contributed by atoms with Crippen molar-refractivity contribution in [3.63, 3.8) is 0 Å². The molecule has 0 heterocycles. The van der Waals surface area contributed by atoms with Crippen molar-refractivity contribution in [1.82, 2.24) is 0 Å². The van der Waals surface area contributed by atoms with Crippen molar-refractivity contribution in [2.45, 2.75) is 19.4 Å². The summed E-state index contributed by atoms with van der Waals surface area (Å²) in [7, 11) is 0. The average molecular weight is 329 g/mol. The molecule has 0 radical (unpaired) electrons. The van der Waals surface area contributed by atoms with Gasteiger partial charge in [-0.05, 0) is 35.3 Å². The number of hydrogen-bond acceptors (Lipinski definition) is 2. The summed E-state index contributed by atoms with van der Waals surface area (Å²) in [6.45, 7) is 5.44. The third-order valence-electron chi connectivity index (χ3n) is 2.13. The van der Waals surface area contributed by atoms with Gasteiger partial charge in [0.1, 0.15) is 0 Å². The van der Waals surface area contributed by atoms with Gasteiger partial charge in [-0.15, -0.1) is 19.0 Å². The van der Waals surface area contributed by atoms with Gasteiger partial charge in [-0.25, -0.2) is 4.39 Å². The second kappa shape index (κ2) is 6.33. The van der Waals surface area contributed by atoms with Crippen molar-refractivity contribution in [2.24, 2.45) is 5.73 Å². The van der Waals surface area contributed by atoms with E-state index in [1.807, 2.05) is 0 Å². The maximum atomic E-state index is 13.2. The van der Waals surface area contributed by atoms with E-state index in [4.69, 9.17) is 5.73 Å². The second-order valence-corrected chi connectivity index (χ2v) is 4.55. The number of nitrogens with two attached hydrogens (primary N) is 1. The van der Waals surface area contributed by atoms with E-state index in [0.717, 1.165) is 5.57 Å². The standard InChI is InChI=1S/C11H12BrF2NO.ClH/c1-5(2)3-8(15)6-4-7(12)9(13)10(14)11(6)16;/h4,8,16H,1,3,15H2,2H3;1H/t8-;/m1./s1. The highest BCUT2D eigenvalue weighted by atomic mass is 79.9. The van der Waals surface area contributed by atoms with Crippen LogP contribution in [0.15, 0.2) is 22.7 Å². The lowest BCUT2D eigenvalue weighted by Crippen LogP contribution is -2.12. The molecule has 2 nitrogen and oxygen atoms in total. The summed E-state index contributed by atoms with van der Waals surface area (Å²) in [4.78, 5) is 0. The normalized spacial score (nSPS) is 11.8. The van der Waals surface area contributed by atoms with E-state index >= 15 is 0 Å². The first-order valence-corrected chi connectivity index (χ1v) is 5.40. The maximum Gasteiger partial charge on any atom is 0.201 e. The van der Waals surface area contributed by atoms with Crippen LogP contribution in [0.1, 0.15) is 24.9 Å². The Morgan fingerprint density at radius 3 is 2.53 bits per heavy atom. The molecule has 0 amide bonds. The smallest absolute Gasteiger partial charge is 0.201 e. The van der Waals surface area contributed by atoms with E-state index < -0.39 is 23.4 Å². The number of phenols is 1. The van der Waals surface area contributed by atoms with Crippen molar-refractivity contribution < 1.29 is 13.9 Å². The molecule has 1 aromatic carbocycles. The van der Waals surface area contributed by atoms with Gasteiger partial charge < -0.3 is 10.8 Å². The van der Waals surface area contributed by atoms with Crippen molar-refractivity contribution >= 4 is 28.3 Å². The first-order chi connectivity index (χ1) is 7.34. The topological polar surface area (TPSA) is 46.2 Å². The summed E-state index contributed by atoms with van der Waals surface area (Å²) in [6, 6.07) is 0.672. The van der Waals surface area contributed by atoms with Crippen LogP contribution in [0.2, 0.25) is 0 Å². The molecular formula is C11H13BrClF2NO. The van der Waals surface area contributed by atoms with Crippen LogP contribution in [0.3, 0.4) is 0 Å². The highest BCUT2D eigenvalue weighted by Gasteiger charge is 2.20. The van der Waals surface area contributed by atoms with E-state index in [-0.39, 0.29) is 22.4 Å². The van der Waals surface area contributed by atoms with Crippen molar-refractivity contribution in [3.8, 4) is 5.75 Å². The molecule has 0 fully saturated rings. The Balaban J connectivity index is 0.00000256. The molecule has 6 heteroatoms. The predicted molar refractivity (Wildman–Crippen MR) is 69.3 cm³/mol. The van der Waals surface area contributed by atoms with E-state index in [2.05, 4.69) is 22.5 Å². The summed E-state index contributed by atoms with van der Waals surface area (Å²) >= 11 is 2.86. The van der Waals surface area contributed by atoms with Gasteiger partial charge in [0.05, 0.1) is 4.47 Å². The molecule has 3 N–H and O–H groups in total. The third-order valence-corrected chi connectivity index (χ3v) is 2.71. The lowest BCUT2D eigenvalue weighted by atomic mass is 10.00. The van der Waals surface area contributed by atoms with Crippen LogP contribution in [0.4, 0.5) is 8.78 Å². The highest BCUT2D eigenvalue weighted by Crippen LogP contribution is 2.34. The Labute approximate surface area is 113 Å². The first-order valence-electron chi connectivity index (χ1n) is 4.61. The molecule has 1 atom stereocenters. The lowest BCUT2D eigenvalue weighted by Gasteiger charge is -2.15. The Morgan fingerprint density at radius 1 is 1.53 bits per heavy atom. The fraction of sp³-hybridized carbons (Fsp3) is 0.273. The maximum absolute atomic E-state index is 13.2. The average Bonchev–Trinajstić information content (AvgIpc) is 2.19. The molecule has 0 aliphatic carbocycles. The van der Waals surface area contributed by atoms with Gasteiger partial charge in [-0.3, -0.25) is 0 Å². The number of hydrogen-bond donors (Lipinski definition) is 2. The largest absolute Gasteiger partial charge is 0.505 e. The van der Waals surface area contributed by atoms with Gasteiger partial charge in [0.25, 0.3) is 0 Å². The summed E-state index contributed by atoms with van der Waals surface area (Å²) < 4.78 is 26.2. The van der Waals surface area contributed by atoms with Crippen molar-refractivity contribution in [3.05, 3.63) is 39.9 Å². The second-order valence-electron chi connectivity index (χ2n) is 3.69.